The van der Waals surface area contributed by atoms with Crippen molar-refractivity contribution >= 4 is 5.69 Å². The van der Waals surface area contributed by atoms with Crippen LogP contribution in [0.2, 0.25) is 0 Å². The van der Waals surface area contributed by atoms with Crippen LogP contribution >= 0.6 is 0 Å². The highest BCUT2D eigenvalue weighted by atomic mass is 19.1. The Morgan fingerprint density at radius 1 is 1.43 bits per heavy atom. The summed E-state index contributed by atoms with van der Waals surface area (Å²) in [6.07, 6.45) is 0. The average Bonchev–Trinajstić information content (AvgIpc) is 2.15. The lowest BCUT2D eigenvalue weighted by atomic mass is 10.2. The molecule has 4 heteroatoms. The van der Waals surface area contributed by atoms with Crippen molar-refractivity contribution in [1.29, 1.82) is 0 Å². The number of halogens is 2. The minimum Gasteiger partial charge on any atom is -0.368 e. The van der Waals surface area contributed by atoms with Gasteiger partial charge in [0, 0.05) is 25.7 Å². The molecule has 0 saturated heterocycles. The Kier molecular flexibility index (Phi) is 3.41. The number of benzene rings is 1. The Bertz CT molecular complexity index is 315. The number of likely N-dealkylation sites (N-methyl/N-ethyl adjacent to an activating group) is 1. The van der Waals surface area contributed by atoms with Crippen LogP contribution in [0.25, 0.3) is 0 Å². The first-order chi connectivity index (χ1) is 6.56. The molecule has 0 spiro atoms. The van der Waals surface area contributed by atoms with Crippen molar-refractivity contribution in [3.63, 3.8) is 0 Å². The van der Waals surface area contributed by atoms with E-state index in [1.165, 1.54) is 12.1 Å². The zero-order valence-electron chi connectivity index (χ0n) is 8.30. The van der Waals surface area contributed by atoms with E-state index in [0.29, 0.717) is 12.2 Å². The Labute approximate surface area is 82.3 Å². The van der Waals surface area contributed by atoms with Gasteiger partial charge in [-0.15, -0.1) is 0 Å². The van der Waals surface area contributed by atoms with Crippen LogP contribution in [0.3, 0.4) is 0 Å². The summed E-state index contributed by atoms with van der Waals surface area (Å²) in [5.41, 5.74) is 5.82. The van der Waals surface area contributed by atoms with Gasteiger partial charge in [-0.2, -0.15) is 0 Å². The maximum atomic E-state index is 13.3. The Balaban J connectivity index is 2.95. The third kappa shape index (κ3) is 2.20. The van der Waals surface area contributed by atoms with Gasteiger partial charge in [0.25, 0.3) is 0 Å². The maximum Gasteiger partial charge on any atom is 0.149 e. The van der Waals surface area contributed by atoms with Crippen LogP contribution in [0, 0.1) is 11.6 Å². The third-order valence-electron chi connectivity index (χ3n) is 2.29. The van der Waals surface area contributed by atoms with Crippen molar-refractivity contribution in [2.45, 2.75) is 13.0 Å². The lowest BCUT2D eigenvalue weighted by Crippen LogP contribution is -2.35. The molecule has 1 aromatic carbocycles. The summed E-state index contributed by atoms with van der Waals surface area (Å²) in [5, 5.41) is 0. The van der Waals surface area contributed by atoms with E-state index in [-0.39, 0.29) is 6.04 Å². The number of nitrogens with zero attached hydrogens (tertiary/aromatic N) is 1. The fourth-order valence-corrected chi connectivity index (χ4v) is 1.16. The van der Waals surface area contributed by atoms with E-state index in [1.54, 1.807) is 11.9 Å². The van der Waals surface area contributed by atoms with E-state index >= 15 is 0 Å². The molecule has 2 N–H and O–H groups in total. The van der Waals surface area contributed by atoms with Crippen LogP contribution in [0.5, 0.6) is 0 Å². The van der Waals surface area contributed by atoms with E-state index in [4.69, 9.17) is 5.73 Å². The van der Waals surface area contributed by atoms with Crippen molar-refractivity contribution in [3.05, 3.63) is 29.8 Å². The number of hydrogen-bond acceptors (Lipinski definition) is 2. The van der Waals surface area contributed by atoms with Crippen molar-refractivity contribution < 1.29 is 8.78 Å². The van der Waals surface area contributed by atoms with Crippen LogP contribution in [-0.4, -0.2) is 19.6 Å². The second-order valence-electron chi connectivity index (χ2n) is 3.29. The van der Waals surface area contributed by atoms with Gasteiger partial charge in [-0.3, -0.25) is 0 Å². The molecule has 0 fully saturated rings. The van der Waals surface area contributed by atoms with Gasteiger partial charge in [-0.05, 0) is 19.1 Å². The quantitative estimate of drug-likeness (QED) is 0.805. The minimum absolute atomic E-state index is 0.0231. The molecule has 0 aliphatic heterocycles. The Hall–Kier alpha value is -1.16. The van der Waals surface area contributed by atoms with Crippen LogP contribution in [-0.2, 0) is 0 Å². The summed E-state index contributed by atoms with van der Waals surface area (Å²) >= 11 is 0. The molecule has 1 unspecified atom stereocenters. The first kappa shape index (κ1) is 10.9. The molecule has 0 aliphatic carbocycles. The van der Waals surface area contributed by atoms with E-state index < -0.39 is 11.6 Å². The van der Waals surface area contributed by atoms with E-state index in [2.05, 4.69) is 0 Å². The maximum absolute atomic E-state index is 13.3. The predicted octanol–water partition coefficient (Wildman–Crippen LogP) is 1.75. The van der Waals surface area contributed by atoms with Crippen LogP contribution in [0.4, 0.5) is 14.5 Å². The lowest BCUT2D eigenvalue weighted by Gasteiger charge is -2.26. The monoisotopic (exact) mass is 200 g/mol. The second-order valence-corrected chi connectivity index (χ2v) is 3.29. The highest BCUT2D eigenvalue weighted by molar-refractivity contribution is 5.47. The minimum atomic E-state index is -0.569. The molecule has 0 saturated carbocycles. The van der Waals surface area contributed by atoms with Gasteiger partial charge in [0.2, 0.25) is 0 Å². The highest BCUT2D eigenvalue weighted by Crippen LogP contribution is 2.20. The first-order valence-electron chi connectivity index (χ1n) is 4.44. The molecule has 0 bridgehead atoms. The molecular formula is C10H14F2N2. The Morgan fingerprint density at radius 3 is 2.57 bits per heavy atom. The van der Waals surface area contributed by atoms with Gasteiger partial charge in [-0.25, -0.2) is 8.78 Å². The summed E-state index contributed by atoms with van der Waals surface area (Å²) in [4.78, 5) is 1.69. The van der Waals surface area contributed by atoms with Crippen LogP contribution in [0.15, 0.2) is 18.2 Å². The molecular weight excluding hydrogens is 186 g/mol. The molecule has 0 amide bonds. The van der Waals surface area contributed by atoms with Gasteiger partial charge < -0.3 is 10.6 Å². The standard InChI is InChI=1S/C10H14F2N2/c1-7(6-13)14(2)10-4-3-8(11)5-9(10)12/h3-5,7H,6,13H2,1-2H3. The second kappa shape index (κ2) is 4.37. The van der Waals surface area contributed by atoms with Crippen molar-refractivity contribution in [3.8, 4) is 0 Å². The molecule has 14 heavy (non-hydrogen) atoms. The van der Waals surface area contributed by atoms with Crippen molar-refractivity contribution in [2.24, 2.45) is 5.73 Å². The number of nitrogens with two attached hydrogens (primary N) is 1. The zero-order valence-corrected chi connectivity index (χ0v) is 8.30. The topological polar surface area (TPSA) is 29.3 Å². The molecule has 0 heterocycles. The smallest absolute Gasteiger partial charge is 0.149 e. The number of anilines is 1. The molecule has 0 aliphatic rings. The average molecular weight is 200 g/mol. The Morgan fingerprint density at radius 2 is 2.07 bits per heavy atom. The largest absolute Gasteiger partial charge is 0.368 e. The fraction of sp³-hybridized carbons (Fsp3) is 0.400. The van der Waals surface area contributed by atoms with Gasteiger partial charge in [-0.1, -0.05) is 0 Å². The molecule has 2 nitrogen and oxygen atoms in total. The molecule has 0 radical (unpaired) electrons. The van der Waals surface area contributed by atoms with Crippen LogP contribution < -0.4 is 10.6 Å². The van der Waals surface area contributed by atoms with Gasteiger partial charge in [0.05, 0.1) is 5.69 Å². The van der Waals surface area contributed by atoms with E-state index in [1.807, 2.05) is 6.92 Å². The van der Waals surface area contributed by atoms with Crippen molar-refractivity contribution in [1.82, 2.24) is 0 Å². The normalized spacial score (nSPS) is 12.6. The third-order valence-corrected chi connectivity index (χ3v) is 2.29. The fourth-order valence-electron chi connectivity index (χ4n) is 1.16. The zero-order chi connectivity index (χ0) is 10.7. The molecule has 78 valence electrons. The molecule has 0 aromatic heterocycles. The van der Waals surface area contributed by atoms with E-state index in [9.17, 15) is 8.78 Å². The van der Waals surface area contributed by atoms with Gasteiger partial charge >= 0.3 is 0 Å². The summed E-state index contributed by atoms with van der Waals surface area (Å²) in [6.45, 7) is 2.30. The molecule has 1 rings (SSSR count). The summed E-state index contributed by atoms with van der Waals surface area (Å²) in [6, 6.07) is 3.54. The summed E-state index contributed by atoms with van der Waals surface area (Å²) < 4.78 is 25.9. The highest BCUT2D eigenvalue weighted by Gasteiger charge is 2.12. The number of rotatable bonds is 3. The van der Waals surface area contributed by atoms with Crippen LogP contribution in [0.1, 0.15) is 6.92 Å². The molecule has 1 aromatic rings. The molecule has 1 atom stereocenters. The lowest BCUT2D eigenvalue weighted by molar-refractivity contribution is 0.574. The predicted molar refractivity (Wildman–Crippen MR) is 53.3 cm³/mol. The van der Waals surface area contributed by atoms with Gasteiger partial charge in [0.1, 0.15) is 11.6 Å². The number of hydrogen-bond donors (Lipinski definition) is 1. The van der Waals surface area contributed by atoms with Gasteiger partial charge in [0.15, 0.2) is 0 Å². The SMILES string of the molecule is CC(CN)N(C)c1ccc(F)cc1F. The first-order valence-corrected chi connectivity index (χ1v) is 4.44. The van der Waals surface area contributed by atoms with E-state index in [0.717, 1.165) is 6.07 Å². The van der Waals surface area contributed by atoms with Crippen molar-refractivity contribution in [2.75, 3.05) is 18.5 Å². The summed E-state index contributed by atoms with van der Waals surface area (Å²) in [7, 11) is 1.73. The summed E-state index contributed by atoms with van der Waals surface area (Å²) in [5.74, 6) is -1.13.